The summed E-state index contributed by atoms with van der Waals surface area (Å²) in [5.41, 5.74) is 1.18. The van der Waals surface area contributed by atoms with Gasteiger partial charge in [0.05, 0.1) is 40.4 Å². The summed E-state index contributed by atoms with van der Waals surface area (Å²) in [6, 6.07) is 6.75. The zero-order valence-electron chi connectivity index (χ0n) is 19.3. The van der Waals surface area contributed by atoms with Gasteiger partial charge >= 0.3 is 5.97 Å². The molecule has 0 unspecified atom stereocenters. The van der Waals surface area contributed by atoms with Gasteiger partial charge in [0.1, 0.15) is 0 Å². The lowest BCUT2D eigenvalue weighted by molar-refractivity contribution is -0.140. The second-order valence-electron chi connectivity index (χ2n) is 9.35. The Labute approximate surface area is 202 Å². The minimum absolute atomic E-state index is 0.109. The molecule has 1 aliphatic heterocycles. The molecule has 0 saturated carbocycles. The zero-order chi connectivity index (χ0) is 24.5. The number of amides is 1. The highest BCUT2D eigenvalue weighted by Gasteiger charge is 2.31. The minimum Gasteiger partial charge on any atom is -0.478 e. The van der Waals surface area contributed by atoms with Crippen LogP contribution in [-0.4, -0.2) is 54.7 Å². The molecule has 10 heteroatoms. The molecular weight excluding hydrogens is 456 g/mol. The molecule has 0 aliphatic carbocycles. The Morgan fingerprint density at radius 3 is 2.53 bits per heavy atom. The average molecular weight is 483 g/mol. The number of piperidine rings is 1. The first-order valence-electron chi connectivity index (χ1n) is 11.1. The lowest BCUT2D eigenvalue weighted by Crippen LogP contribution is -2.44. The van der Waals surface area contributed by atoms with E-state index in [1.54, 1.807) is 24.4 Å². The van der Waals surface area contributed by atoms with Gasteiger partial charge in [-0.05, 0) is 18.9 Å². The number of carbonyl (C=O) groups is 2. The molecule has 0 atom stereocenters. The number of nitrogens with one attached hydrogen (secondary N) is 1. The number of aromatic nitrogens is 4. The van der Waals surface area contributed by atoms with E-state index in [9.17, 15) is 14.7 Å². The number of carboxylic acids is 1. The van der Waals surface area contributed by atoms with Gasteiger partial charge in [0.2, 0.25) is 11.9 Å². The van der Waals surface area contributed by atoms with Crippen molar-refractivity contribution in [1.82, 2.24) is 24.6 Å². The first-order chi connectivity index (χ1) is 16.1. The Kier molecular flexibility index (Phi) is 6.56. The molecule has 1 aromatic carbocycles. The third-order valence-corrected chi connectivity index (χ3v) is 6.06. The van der Waals surface area contributed by atoms with Crippen molar-refractivity contribution in [2.45, 2.75) is 39.7 Å². The van der Waals surface area contributed by atoms with Crippen LogP contribution in [0.5, 0.6) is 0 Å². The standard InChI is InChI=1S/C24H27ClN6O3/c1-24(2,3)22(34)30-10-8-16(9-11-30)31-14-15(12-27-31)28-23-26-13-19(25)20(29-23)17-6-4-5-7-18(17)21(32)33/h4-7,12-14,16H,8-11H2,1-3H3,(H,32,33)(H,26,28,29). The molecule has 9 nitrogen and oxygen atoms in total. The molecule has 1 saturated heterocycles. The zero-order valence-corrected chi connectivity index (χ0v) is 20.1. The van der Waals surface area contributed by atoms with E-state index in [1.807, 2.05) is 36.5 Å². The van der Waals surface area contributed by atoms with Gasteiger partial charge in [0.15, 0.2) is 0 Å². The van der Waals surface area contributed by atoms with Crippen molar-refractivity contribution in [3.8, 4) is 11.3 Å². The Balaban J connectivity index is 1.47. The SMILES string of the molecule is CC(C)(C)C(=O)N1CCC(n2cc(Nc3ncc(Cl)c(-c4ccccc4C(=O)O)n3)cn2)CC1. The second-order valence-corrected chi connectivity index (χ2v) is 9.76. The normalized spacial score (nSPS) is 14.8. The molecule has 3 heterocycles. The summed E-state index contributed by atoms with van der Waals surface area (Å²) >= 11 is 6.29. The topological polar surface area (TPSA) is 113 Å². The van der Waals surface area contributed by atoms with Crippen LogP contribution in [0.2, 0.25) is 5.02 Å². The van der Waals surface area contributed by atoms with Crippen molar-refractivity contribution in [2.75, 3.05) is 18.4 Å². The van der Waals surface area contributed by atoms with Gasteiger partial charge in [-0.25, -0.2) is 14.8 Å². The van der Waals surface area contributed by atoms with E-state index in [0.717, 1.165) is 12.8 Å². The fourth-order valence-electron chi connectivity index (χ4n) is 4.03. The van der Waals surface area contributed by atoms with E-state index >= 15 is 0 Å². The van der Waals surface area contributed by atoms with Crippen LogP contribution in [0.3, 0.4) is 0 Å². The molecule has 34 heavy (non-hydrogen) atoms. The van der Waals surface area contributed by atoms with Crippen molar-refractivity contribution < 1.29 is 14.7 Å². The number of nitrogens with zero attached hydrogens (tertiary/aromatic N) is 5. The Hall–Kier alpha value is -3.46. The molecule has 178 valence electrons. The van der Waals surface area contributed by atoms with Crippen molar-refractivity contribution in [2.24, 2.45) is 5.41 Å². The third kappa shape index (κ3) is 5.04. The first kappa shape index (κ1) is 23.7. The van der Waals surface area contributed by atoms with Crippen molar-refractivity contribution in [1.29, 1.82) is 0 Å². The second kappa shape index (κ2) is 9.42. The maximum absolute atomic E-state index is 12.5. The number of hydrogen-bond donors (Lipinski definition) is 2. The van der Waals surface area contributed by atoms with E-state index in [1.165, 1.54) is 12.3 Å². The monoisotopic (exact) mass is 482 g/mol. The first-order valence-corrected chi connectivity index (χ1v) is 11.5. The molecule has 4 rings (SSSR count). The van der Waals surface area contributed by atoms with Crippen LogP contribution >= 0.6 is 11.6 Å². The highest BCUT2D eigenvalue weighted by atomic mass is 35.5. The number of anilines is 2. The van der Waals surface area contributed by atoms with Crippen LogP contribution in [0.25, 0.3) is 11.3 Å². The summed E-state index contributed by atoms with van der Waals surface area (Å²) in [5.74, 6) is -0.602. The highest BCUT2D eigenvalue weighted by Crippen LogP contribution is 2.30. The summed E-state index contributed by atoms with van der Waals surface area (Å²) in [6.45, 7) is 7.23. The smallest absolute Gasteiger partial charge is 0.336 e. The Bertz CT molecular complexity index is 1210. The summed E-state index contributed by atoms with van der Waals surface area (Å²) < 4.78 is 1.90. The number of likely N-dealkylation sites (tertiary alicyclic amines) is 1. The number of aromatic carboxylic acids is 1. The molecule has 3 aromatic rings. The molecular formula is C24H27ClN6O3. The van der Waals surface area contributed by atoms with Crippen molar-refractivity contribution in [3.05, 3.63) is 53.4 Å². The number of benzene rings is 1. The van der Waals surface area contributed by atoms with Crippen LogP contribution in [-0.2, 0) is 4.79 Å². The van der Waals surface area contributed by atoms with Gasteiger partial charge in [-0.1, -0.05) is 50.6 Å². The Morgan fingerprint density at radius 1 is 1.15 bits per heavy atom. The van der Waals surface area contributed by atoms with Gasteiger partial charge in [-0.3, -0.25) is 9.48 Å². The number of carboxylic acid groups (broad SMARTS) is 1. The number of hydrogen-bond acceptors (Lipinski definition) is 6. The summed E-state index contributed by atoms with van der Waals surface area (Å²) in [4.78, 5) is 34.7. The van der Waals surface area contributed by atoms with E-state index in [-0.39, 0.29) is 33.9 Å². The molecule has 1 aliphatic rings. The molecule has 0 spiro atoms. The summed E-state index contributed by atoms with van der Waals surface area (Å²) in [5, 5.41) is 17.4. The number of carbonyl (C=O) groups excluding carboxylic acids is 1. The van der Waals surface area contributed by atoms with E-state index < -0.39 is 5.97 Å². The van der Waals surface area contributed by atoms with E-state index in [4.69, 9.17) is 11.6 Å². The van der Waals surface area contributed by atoms with Crippen LogP contribution in [0.1, 0.15) is 50.0 Å². The predicted octanol–water partition coefficient (Wildman–Crippen LogP) is 4.64. The highest BCUT2D eigenvalue weighted by molar-refractivity contribution is 6.33. The average Bonchev–Trinajstić information content (AvgIpc) is 3.28. The van der Waals surface area contributed by atoms with Crippen LogP contribution in [0.15, 0.2) is 42.9 Å². The Morgan fingerprint density at radius 2 is 1.85 bits per heavy atom. The molecule has 0 bridgehead atoms. The summed E-state index contributed by atoms with van der Waals surface area (Å²) in [6.07, 6.45) is 6.68. The van der Waals surface area contributed by atoms with Gasteiger partial charge in [-0.2, -0.15) is 5.10 Å². The predicted molar refractivity (Wildman–Crippen MR) is 129 cm³/mol. The van der Waals surface area contributed by atoms with Gasteiger partial charge in [0.25, 0.3) is 0 Å². The maximum Gasteiger partial charge on any atom is 0.336 e. The maximum atomic E-state index is 12.5. The molecule has 2 aromatic heterocycles. The van der Waals surface area contributed by atoms with Crippen LogP contribution in [0.4, 0.5) is 11.6 Å². The van der Waals surface area contributed by atoms with Gasteiger partial charge in [-0.15, -0.1) is 0 Å². The minimum atomic E-state index is -1.06. The fourth-order valence-corrected chi connectivity index (χ4v) is 4.22. The van der Waals surface area contributed by atoms with Crippen LogP contribution < -0.4 is 5.32 Å². The fraction of sp³-hybridized carbons (Fsp3) is 0.375. The van der Waals surface area contributed by atoms with Crippen molar-refractivity contribution >= 4 is 35.1 Å². The largest absolute Gasteiger partial charge is 0.478 e. The van der Waals surface area contributed by atoms with E-state index in [0.29, 0.717) is 30.0 Å². The number of halogens is 1. The molecule has 1 amide bonds. The molecule has 2 N–H and O–H groups in total. The van der Waals surface area contributed by atoms with E-state index in [2.05, 4.69) is 20.4 Å². The summed E-state index contributed by atoms with van der Waals surface area (Å²) in [7, 11) is 0. The van der Waals surface area contributed by atoms with Crippen molar-refractivity contribution in [3.63, 3.8) is 0 Å². The molecule has 0 radical (unpaired) electrons. The van der Waals surface area contributed by atoms with Gasteiger partial charge < -0.3 is 15.3 Å². The lowest BCUT2D eigenvalue weighted by atomic mass is 9.93. The third-order valence-electron chi connectivity index (χ3n) is 5.78. The quantitative estimate of drug-likeness (QED) is 0.544. The van der Waals surface area contributed by atoms with Gasteiger partial charge in [0, 0.05) is 30.3 Å². The van der Waals surface area contributed by atoms with Crippen LogP contribution in [0, 0.1) is 5.41 Å². The lowest BCUT2D eigenvalue weighted by Gasteiger charge is -2.35. The number of rotatable bonds is 5. The molecule has 1 fully saturated rings.